The molecule has 1 amide bonds. The van der Waals surface area contributed by atoms with Crippen LogP contribution >= 0.6 is 0 Å². The van der Waals surface area contributed by atoms with Gasteiger partial charge in [-0.3, -0.25) is 4.79 Å². The Kier molecular flexibility index (Phi) is 4.24. The second-order valence-electron chi connectivity index (χ2n) is 4.97. The molecule has 1 aromatic rings. The molecular weight excluding hydrogens is 238 g/mol. The van der Waals surface area contributed by atoms with Crippen molar-refractivity contribution in [2.75, 3.05) is 6.61 Å². The van der Waals surface area contributed by atoms with Crippen molar-refractivity contribution in [3.05, 3.63) is 34.9 Å². The Labute approximate surface area is 114 Å². The molecule has 19 heavy (non-hydrogen) atoms. The maximum atomic E-state index is 12.2. The zero-order valence-electron chi connectivity index (χ0n) is 11.4. The number of rotatable bonds is 3. The van der Waals surface area contributed by atoms with Crippen LogP contribution in [0.25, 0.3) is 0 Å². The lowest BCUT2D eigenvalue weighted by Crippen LogP contribution is -2.27. The molecule has 0 spiro atoms. The number of hydrogen-bond acceptors (Lipinski definition) is 2. The van der Waals surface area contributed by atoms with Crippen LogP contribution in [0, 0.1) is 24.7 Å². The molecule has 2 rings (SSSR count). The summed E-state index contributed by atoms with van der Waals surface area (Å²) in [6, 6.07) is 5.88. The monoisotopic (exact) mass is 257 g/mol. The highest BCUT2D eigenvalue weighted by atomic mass is 16.2. The van der Waals surface area contributed by atoms with Crippen LogP contribution in [0.15, 0.2) is 18.2 Å². The SMILES string of the molecule is CCC1CC1NC(=O)c1cc(C#CCO)ccc1C. The van der Waals surface area contributed by atoms with Gasteiger partial charge in [0.05, 0.1) is 0 Å². The fourth-order valence-corrected chi connectivity index (χ4v) is 2.21. The fraction of sp³-hybridized carbons (Fsp3) is 0.438. The highest BCUT2D eigenvalue weighted by molar-refractivity contribution is 5.96. The van der Waals surface area contributed by atoms with Crippen molar-refractivity contribution in [2.24, 2.45) is 5.92 Å². The standard InChI is InChI=1S/C16H19NO2/c1-3-13-10-15(13)17-16(19)14-9-12(5-4-8-18)7-6-11(14)2/h6-7,9,13,15,18H,3,8,10H2,1-2H3,(H,17,19). The first-order valence-electron chi connectivity index (χ1n) is 6.67. The number of carbonyl (C=O) groups excluding carboxylic acids is 1. The van der Waals surface area contributed by atoms with Gasteiger partial charge < -0.3 is 10.4 Å². The summed E-state index contributed by atoms with van der Waals surface area (Å²) in [6.07, 6.45) is 2.21. The molecule has 1 aliphatic rings. The van der Waals surface area contributed by atoms with E-state index in [9.17, 15) is 4.79 Å². The Morgan fingerprint density at radius 3 is 2.95 bits per heavy atom. The van der Waals surface area contributed by atoms with Crippen LogP contribution in [0.4, 0.5) is 0 Å². The number of aliphatic hydroxyl groups excluding tert-OH is 1. The van der Waals surface area contributed by atoms with E-state index in [1.54, 1.807) is 6.07 Å². The van der Waals surface area contributed by atoms with Gasteiger partial charge in [0.1, 0.15) is 6.61 Å². The number of carbonyl (C=O) groups is 1. The van der Waals surface area contributed by atoms with Crippen LogP contribution in [0.1, 0.15) is 41.3 Å². The largest absolute Gasteiger partial charge is 0.384 e. The van der Waals surface area contributed by atoms with Gasteiger partial charge in [0.25, 0.3) is 5.91 Å². The molecule has 0 bridgehead atoms. The van der Waals surface area contributed by atoms with E-state index in [0.717, 1.165) is 24.0 Å². The summed E-state index contributed by atoms with van der Waals surface area (Å²) in [5.41, 5.74) is 2.37. The van der Waals surface area contributed by atoms with Crippen molar-refractivity contribution >= 4 is 5.91 Å². The molecule has 2 unspecified atom stereocenters. The molecule has 1 fully saturated rings. The number of hydrogen-bond donors (Lipinski definition) is 2. The highest BCUT2D eigenvalue weighted by Crippen LogP contribution is 2.33. The molecule has 1 aromatic carbocycles. The van der Waals surface area contributed by atoms with E-state index in [2.05, 4.69) is 24.1 Å². The van der Waals surface area contributed by atoms with E-state index in [-0.39, 0.29) is 12.5 Å². The fourth-order valence-electron chi connectivity index (χ4n) is 2.21. The van der Waals surface area contributed by atoms with Crippen LogP contribution in [0.5, 0.6) is 0 Å². The first-order chi connectivity index (χ1) is 9.15. The Hall–Kier alpha value is -1.79. The van der Waals surface area contributed by atoms with Crippen LogP contribution in [-0.4, -0.2) is 23.7 Å². The number of aliphatic hydroxyl groups is 1. The Morgan fingerprint density at radius 1 is 1.53 bits per heavy atom. The van der Waals surface area contributed by atoms with Gasteiger partial charge in [-0.2, -0.15) is 0 Å². The quantitative estimate of drug-likeness (QED) is 0.812. The minimum Gasteiger partial charge on any atom is -0.384 e. The van der Waals surface area contributed by atoms with Gasteiger partial charge in [-0.25, -0.2) is 0 Å². The molecule has 1 aliphatic carbocycles. The Balaban J connectivity index is 2.12. The summed E-state index contributed by atoms with van der Waals surface area (Å²) < 4.78 is 0. The summed E-state index contributed by atoms with van der Waals surface area (Å²) in [5.74, 6) is 6.04. The molecule has 1 saturated carbocycles. The molecule has 2 N–H and O–H groups in total. The topological polar surface area (TPSA) is 49.3 Å². The van der Waals surface area contributed by atoms with Gasteiger partial charge in [0.2, 0.25) is 0 Å². The van der Waals surface area contributed by atoms with E-state index >= 15 is 0 Å². The molecule has 3 nitrogen and oxygen atoms in total. The molecule has 0 aliphatic heterocycles. The average molecular weight is 257 g/mol. The zero-order chi connectivity index (χ0) is 13.8. The van der Waals surface area contributed by atoms with Crippen molar-refractivity contribution in [1.82, 2.24) is 5.32 Å². The summed E-state index contributed by atoms with van der Waals surface area (Å²) in [5, 5.41) is 11.8. The molecule has 2 atom stereocenters. The number of benzene rings is 1. The summed E-state index contributed by atoms with van der Waals surface area (Å²) in [7, 11) is 0. The van der Waals surface area contributed by atoms with E-state index in [1.165, 1.54) is 0 Å². The molecule has 0 aromatic heterocycles. The van der Waals surface area contributed by atoms with E-state index in [1.807, 2.05) is 19.1 Å². The highest BCUT2D eigenvalue weighted by Gasteiger charge is 2.36. The predicted molar refractivity (Wildman–Crippen MR) is 74.8 cm³/mol. The number of amides is 1. The van der Waals surface area contributed by atoms with Crippen LogP contribution in [-0.2, 0) is 0 Å². The maximum absolute atomic E-state index is 12.2. The predicted octanol–water partition coefficient (Wildman–Crippen LogP) is 1.87. The lowest BCUT2D eigenvalue weighted by molar-refractivity contribution is 0.0948. The van der Waals surface area contributed by atoms with Crippen molar-refractivity contribution in [3.63, 3.8) is 0 Å². The summed E-state index contributed by atoms with van der Waals surface area (Å²) in [6.45, 7) is 3.89. The lowest BCUT2D eigenvalue weighted by atomic mass is 10.0. The van der Waals surface area contributed by atoms with E-state index < -0.39 is 0 Å². The Bertz CT molecular complexity index is 539. The summed E-state index contributed by atoms with van der Waals surface area (Å²) in [4.78, 5) is 12.2. The molecule has 100 valence electrons. The molecule has 0 saturated heterocycles. The van der Waals surface area contributed by atoms with E-state index in [0.29, 0.717) is 17.5 Å². The van der Waals surface area contributed by atoms with Crippen molar-refractivity contribution in [3.8, 4) is 11.8 Å². The molecule has 3 heteroatoms. The van der Waals surface area contributed by atoms with Gasteiger partial charge in [-0.1, -0.05) is 31.3 Å². The van der Waals surface area contributed by atoms with Crippen molar-refractivity contribution in [1.29, 1.82) is 0 Å². The summed E-state index contributed by atoms with van der Waals surface area (Å²) >= 11 is 0. The third kappa shape index (κ3) is 3.36. The van der Waals surface area contributed by atoms with Crippen LogP contribution in [0.2, 0.25) is 0 Å². The molecule has 0 radical (unpaired) electrons. The van der Waals surface area contributed by atoms with Crippen LogP contribution in [0.3, 0.4) is 0 Å². The van der Waals surface area contributed by atoms with Gasteiger partial charge >= 0.3 is 0 Å². The zero-order valence-corrected chi connectivity index (χ0v) is 11.4. The van der Waals surface area contributed by atoms with Crippen LogP contribution < -0.4 is 5.32 Å². The maximum Gasteiger partial charge on any atom is 0.251 e. The second kappa shape index (κ2) is 5.90. The van der Waals surface area contributed by atoms with Gasteiger partial charge in [0.15, 0.2) is 0 Å². The number of nitrogens with one attached hydrogen (secondary N) is 1. The Morgan fingerprint density at radius 2 is 2.32 bits per heavy atom. The smallest absolute Gasteiger partial charge is 0.251 e. The molecule has 0 heterocycles. The number of aryl methyl sites for hydroxylation is 1. The van der Waals surface area contributed by atoms with E-state index in [4.69, 9.17) is 5.11 Å². The molecular formula is C16H19NO2. The van der Waals surface area contributed by atoms with Gasteiger partial charge in [-0.15, -0.1) is 0 Å². The van der Waals surface area contributed by atoms with Crippen molar-refractivity contribution in [2.45, 2.75) is 32.7 Å². The second-order valence-corrected chi connectivity index (χ2v) is 4.97. The third-order valence-electron chi connectivity index (χ3n) is 3.56. The van der Waals surface area contributed by atoms with Gasteiger partial charge in [0, 0.05) is 17.2 Å². The first-order valence-corrected chi connectivity index (χ1v) is 6.67. The minimum absolute atomic E-state index is 0.0221. The normalized spacial score (nSPS) is 20.4. The van der Waals surface area contributed by atoms with Gasteiger partial charge in [-0.05, 0) is 37.0 Å². The first kappa shape index (κ1) is 13.6. The average Bonchev–Trinajstić information content (AvgIpc) is 3.16. The lowest BCUT2D eigenvalue weighted by Gasteiger charge is -2.07. The third-order valence-corrected chi connectivity index (χ3v) is 3.56. The van der Waals surface area contributed by atoms with Crippen molar-refractivity contribution < 1.29 is 9.90 Å². The minimum atomic E-state index is -0.171.